The number of methoxy groups -OCH3 is 1. The summed E-state index contributed by atoms with van der Waals surface area (Å²) in [6, 6.07) is 2.19. The minimum Gasteiger partial charge on any atom is -0.379 e. The van der Waals surface area contributed by atoms with Crippen molar-refractivity contribution in [3.05, 3.63) is 35.1 Å². The van der Waals surface area contributed by atoms with Gasteiger partial charge in [0.25, 0.3) is 0 Å². The van der Waals surface area contributed by atoms with Crippen LogP contribution in [-0.2, 0) is 11.2 Å². The Labute approximate surface area is 144 Å². The van der Waals surface area contributed by atoms with E-state index in [1.54, 1.807) is 7.11 Å². The van der Waals surface area contributed by atoms with Crippen LogP contribution in [0.2, 0.25) is 0 Å². The molecular formula is C20H31F3O. The molecule has 1 nitrogen and oxygen atoms in total. The fourth-order valence-electron chi connectivity index (χ4n) is 3.04. The van der Waals surface area contributed by atoms with E-state index in [1.807, 2.05) is 13.8 Å². The molecular weight excluding hydrogens is 313 g/mol. The zero-order chi connectivity index (χ0) is 18.2. The molecule has 1 aromatic carbocycles. The third kappa shape index (κ3) is 6.46. The second kappa shape index (κ2) is 10.1. The maximum absolute atomic E-state index is 13.4. The van der Waals surface area contributed by atoms with E-state index in [9.17, 15) is 13.2 Å². The normalized spacial score (nSPS) is 13.3. The van der Waals surface area contributed by atoms with Crippen molar-refractivity contribution in [1.82, 2.24) is 0 Å². The number of rotatable bonds is 11. The fourth-order valence-corrected chi connectivity index (χ4v) is 3.04. The molecule has 0 heterocycles. The molecule has 0 amide bonds. The zero-order valence-corrected chi connectivity index (χ0v) is 15.4. The van der Waals surface area contributed by atoms with Gasteiger partial charge in [-0.1, -0.05) is 45.4 Å². The highest BCUT2D eigenvalue weighted by Gasteiger charge is 2.29. The molecule has 0 saturated carbocycles. The first-order chi connectivity index (χ1) is 11.3. The summed E-state index contributed by atoms with van der Waals surface area (Å²) in [7, 11) is 1.65. The summed E-state index contributed by atoms with van der Waals surface area (Å²) in [4.78, 5) is 0. The second-order valence-corrected chi connectivity index (χ2v) is 7.14. The topological polar surface area (TPSA) is 9.23 Å². The summed E-state index contributed by atoms with van der Waals surface area (Å²) in [5, 5.41) is 0. The standard InChI is InChI=1S/C20H31F3O/c1-5-6-7-8-9-10-11-16(20(2,3)24-4)12-15-13-17(21)19(23)18(22)14-15/h13-14,16H,5-12H2,1-4H3. The van der Waals surface area contributed by atoms with Crippen LogP contribution in [0.4, 0.5) is 13.2 Å². The van der Waals surface area contributed by atoms with E-state index in [0.717, 1.165) is 31.4 Å². The molecule has 1 unspecified atom stereocenters. The van der Waals surface area contributed by atoms with Gasteiger partial charge in [-0.3, -0.25) is 0 Å². The molecule has 0 aliphatic rings. The van der Waals surface area contributed by atoms with Gasteiger partial charge < -0.3 is 4.74 Å². The van der Waals surface area contributed by atoms with E-state index in [-0.39, 0.29) is 5.92 Å². The highest BCUT2D eigenvalue weighted by atomic mass is 19.2. The third-order valence-corrected chi connectivity index (χ3v) is 4.94. The van der Waals surface area contributed by atoms with Crippen molar-refractivity contribution in [2.75, 3.05) is 7.11 Å². The predicted molar refractivity (Wildman–Crippen MR) is 92.6 cm³/mol. The van der Waals surface area contributed by atoms with Crippen LogP contribution in [0.3, 0.4) is 0 Å². The van der Waals surface area contributed by atoms with Crippen LogP contribution in [0.15, 0.2) is 12.1 Å². The van der Waals surface area contributed by atoms with E-state index < -0.39 is 23.1 Å². The Kier molecular flexibility index (Phi) is 8.82. The van der Waals surface area contributed by atoms with E-state index in [1.165, 1.54) is 25.7 Å². The summed E-state index contributed by atoms with van der Waals surface area (Å²) in [5.74, 6) is -3.53. The summed E-state index contributed by atoms with van der Waals surface area (Å²) >= 11 is 0. The minimum atomic E-state index is -1.41. The number of hydrogen-bond acceptors (Lipinski definition) is 1. The average Bonchev–Trinajstić information content (AvgIpc) is 2.54. The molecule has 138 valence electrons. The summed E-state index contributed by atoms with van der Waals surface area (Å²) < 4.78 is 45.6. The first-order valence-corrected chi connectivity index (χ1v) is 9.00. The van der Waals surface area contributed by atoms with Gasteiger partial charge in [0, 0.05) is 7.11 Å². The van der Waals surface area contributed by atoms with Gasteiger partial charge in [-0.25, -0.2) is 13.2 Å². The lowest BCUT2D eigenvalue weighted by molar-refractivity contribution is -0.0315. The SMILES string of the molecule is CCCCCCCCC(Cc1cc(F)c(F)c(F)c1)C(C)(C)OC. The lowest BCUT2D eigenvalue weighted by atomic mass is 9.81. The largest absolute Gasteiger partial charge is 0.379 e. The van der Waals surface area contributed by atoms with Crippen molar-refractivity contribution in [2.24, 2.45) is 5.92 Å². The second-order valence-electron chi connectivity index (χ2n) is 7.14. The lowest BCUT2D eigenvalue weighted by Crippen LogP contribution is -2.35. The van der Waals surface area contributed by atoms with Gasteiger partial charge >= 0.3 is 0 Å². The molecule has 0 aromatic heterocycles. The van der Waals surface area contributed by atoms with Crippen LogP contribution < -0.4 is 0 Å². The maximum atomic E-state index is 13.4. The van der Waals surface area contributed by atoms with Crippen molar-refractivity contribution in [3.63, 3.8) is 0 Å². The van der Waals surface area contributed by atoms with Gasteiger partial charge in [-0.2, -0.15) is 0 Å². The maximum Gasteiger partial charge on any atom is 0.194 e. The molecule has 0 spiro atoms. The molecule has 0 aliphatic carbocycles. The molecule has 1 rings (SSSR count). The first-order valence-electron chi connectivity index (χ1n) is 9.00. The van der Waals surface area contributed by atoms with Gasteiger partial charge in [0.2, 0.25) is 0 Å². The van der Waals surface area contributed by atoms with Crippen LogP contribution >= 0.6 is 0 Å². The van der Waals surface area contributed by atoms with E-state index in [0.29, 0.717) is 12.0 Å². The van der Waals surface area contributed by atoms with Gasteiger partial charge in [0.1, 0.15) is 0 Å². The predicted octanol–water partition coefficient (Wildman–Crippen LogP) is 6.44. The molecule has 0 radical (unpaired) electrons. The fraction of sp³-hybridized carbons (Fsp3) is 0.700. The molecule has 0 bridgehead atoms. The monoisotopic (exact) mass is 344 g/mol. The molecule has 0 saturated heterocycles. The first kappa shape index (κ1) is 21.0. The van der Waals surface area contributed by atoms with Gasteiger partial charge in [-0.05, 0) is 50.3 Å². The van der Waals surface area contributed by atoms with E-state index >= 15 is 0 Å². The van der Waals surface area contributed by atoms with Crippen molar-refractivity contribution in [2.45, 2.75) is 77.7 Å². The highest BCUT2D eigenvalue weighted by molar-refractivity contribution is 5.20. The Morgan fingerprint density at radius 2 is 1.50 bits per heavy atom. The van der Waals surface area contributed by atoms with Crippen LogP contribution in [0.1, 0.15) is 71.3 Å². The van der Waals surface area contributed by atoms with Crippen molar-refractivity contribution in [3.8, 4) is 0 Å². The summed E-state index contributed by atoms with van der Waals surface area (Å²) in [6.07, 6.45) is 8.58. The Hall–Kier alpha value is -1.03. The third-order valence-electron chi connectivity index (χ3n) is 4.94. The Balaban J connectivity index is 2.70. The van der Waals surface area contributed by atoms with Gasteiger partial charge in [0.05, 0.1) is 5.60 Å². The molecule has 0 fully saturated rings. The number of benzene rings is 1. The Morgan fingerprint density at radius 1 is 0.958 bits per heavy atom. The number of halogens is 3. The van der Waals surface area contributed by atoms with Crippen molar-refractivity contribution < 1.29 is 17.9 Å². The molecule has 1 aromatic rings. The van der Waals surface area contributed by atoms with Gasteiger partial charge in [-0.15, -0.1) is 0 Å². The zero-order valence-electron chi connectivity index (χ0n) is 15.4. The van der Waals surface area contributed by atoms with Crippen LogP contribution in [0.25, 0.3) is 0 Å². The quantitative estimate of drug-likeness (QED) is 0.331. The summed E-state index contributed by atoms with van der Waals surface area (Å²) in [6.45, 7) is 6.17. The average molecular weight is 344 g/mol. The van der Waals surface area contributed by atoms with Crippen LogP contribution in [0.5, 0.6) is 0 Å². The van der Waals surface area contributed by atoms with Crippen molar-refractivity contribution >= 4 is 0 Å². The van der Waals surface area contributed by atoms with E-state index in [4.69, 9.17) is 4.74 Å². The Morgan fingerprint density at radius 3 is 2.04 bits per heavy atom. The number of unbranched alkanes of at least 4 members (excludes halogenated alkanes) is 5. The smallest absolute Gasteiger partial charge is 0.194 e. The van der Waals surface area contributed by atoms with Crippen molar-refractivity contribution in [1.29, 1.82) is 0 Å². The Bertz CT molecular complexity index is 477. The van der Waals surface area contributed by atoms with Crippen LogP contribution in [0, 0.1) is 23.4 Å². The molecule has 4 heteroatoms. The molecule has 0 aliphatic heterocycles. The molecule has 0 N–H and O–H groups in total. The number of hydrogen-bond donors (Lipinski definition) is 0. The minimum absolute atomic E-state index is 0.123. The highest BCUT2D eigenvalue weighted by Crippen LogP contribution is 2.30. The molecule has 24 heavy (non-hydrogen) atoms. The molecule has 1 atom stereocenters. The lowest BCUT2D eigenvalue weighted by Gasteiger charge is -2.33. The van der Waals surface area contributed by atoms with E-state index in [2.05, 4.69) is 6.92 Å². The number of ether oxygens (including phenoxy) is 1. The van der Waals surface area contributed by atoms with Crippen LogP contribution in [-0.4, -0.2) is 12.7 Å². The summed E-state index contributed by atoms with van der Waals surface area (Å²) in [5.41, 5.74) is 0.0811. The van der Waals surface area contributed by atoms with Gasteiger partial charge in [0.15, 0.2) is 17.5 Å².